The van der Waals surface area contributed by atoms with Gasteiger partial charge in [0.2, 0.25) is 0 Å². The summed E-state index contributed by atoms with van der Waals surface area (Å²) < 4.78 is 41.5. The molecule has 134 valence electrons. The van der Waals surface area contributed by atoms with Gasteiger partial charge in [0.1, 0.15) is 18.2 Å². The van der Waals surface area contributed by atoms with Crippen LogP contribution in [-0.2, 0) is 23.8 Å². The van der Waals surface area contributed by atoms with Crippen molar-refractivity contribution in [3.05, 3.63) is 29.8 Å². The van der Waals surface area contributed by atoms with Crippen LogP contribution in [0, 0.1) is 6.92 Å². The highest BCUT2D eigenvalue weighted by Gasteiger charge is 2.54. The smallest absolute Gasteiger partial charge is 0.297 e. The quantitative estimate of drug-likeness (QED) is 0.690. The van der Waals surface area contributed by atoms with Crippen molar-refractivity contribution in [2.75, 3.05) is 6.61 Å². The van der Waals surface area contributed by atoms with E-state index < -0.39 is 28.6 Å². The molecule has 3 N–H and O–H groups in total. The number of aliphatic hydroxyl groups is 1. The van der Waals surface area contributed by atoms with Crippen molar-refractivity contribution in [3.8, 4) is 0 Å². The van der Waals surface area contributed by atoms with E-state index in [2.05, 4.69) is 0 Å². The largest absolute Gasteiger partial charge is 0.384 e. The van der Waals surface area contributed by atoms with Crippen LogP contribution in [-0.4, -0.2) is 56.8 Å². The lowest BCUT2D eigenvalue weighted by Gasteiger charge is -2.36. The van der Waals surface area contributed by atoms with Crippen LogP contribution in [0.25, 0.3) is 0 Å². The zero-order valence-corrected chi connectivity index (χ0v) is 14.8. The summed E-state index contributed by atoms with van der Waals surface area (Å²) in [6.45, 7) is 6.18. The van der Waals surface area contributed by atoms with E-state index >= 15 is 0 Å². The van der Waals surface area contributed by atoms with E-state index in [1.165, 1.54) is 12.1 Å². The molecule has 1 aromatic carbocycles. The zero-order valence-electron chi connectivity index (χ0n) is 14.0. The third-order valence-corrected chi connectivity index (χ3v) is 5.64. The number of rotatable bonds is 5. The Morgan fingerprint density at radius 3 is 2.58 bits per heavy atom. The Bertz CT molecular complexity index is 674. The first kappa shape index (κ1) is 17.8. The van der Waals surface area contributed by atoms with Gasteiger partial charge in [-0.25, -0.2) is 0 Å². The second-order valence-electron chi connectivity index (χ2n) is 6.71. The van der Waals surface area contributed by atoms with Gasteiger partial charge in [-0.2, -0.15) is 8.42 Å². The van der Waals surface area contributed by atoms with E-state index in [0.29, 0.717) is 6.61 Å². The molecule has 2 heterocycles. The molecule has 2 bridgehead atoms. The van der Waals surface area contributed by atoms with Gasteiger partial charge in [-0.1, -0.05) is 17.7 Å². The predicted molar refractivity (Wildman–Crippen MR) is 84.7 cm³/mol. The van der Waals surface area contributed by atoms with Crippen molar-refractivity contribution in [1.29, 1.82) is 0 Å². The van der Waals surface area contributed by atoms with Crippen molar-refractivity contribution in [2.24, 2.45) is 0 Å². The maximum atomic E-state index is 12.5. The van der Waals surface area contributed by atoms with Gasteiger partial charge in [-0.15, -0.1) is 0 Å². The molecule has 8 heteroatoms. The number of aryl methyl sites for hydroxylation is 1. The van der Waals surface area contributed by atoms with E-state index in [1.807, 2.05) is 26.1 Å². The van der Waals surface area contributed by atoms with Gasteiger partial charge < -0.3 is 19.9 Å². The Hall–Kier alpha value is -1.03. The molecule has 5 atom stereocenters. The van der Waals surface area contributed by atoms with Crippen LogP contribution in [0.2, 0.25) is 0 Å². The van der Waals surface area contributed by atoms with Crippen molar-refractivity contribution in [3.63, 3.8) is 0 Å². The van der Waals surface area contributed by atoms with E-state index in [-0.39, 0.29) is 23.1 Å². The number of nitrogens with two attached hydrogens (primary N) is 1. The molecule has 2 aliphatic heterocycles. The summed E-state index contributed by atoms with van der Waals surface area (Å²) in [6.07, 6.45) is -3.23. The average molecular weight is 358 g/mol. The molecule has 1 aromatic rings. The molecule has 0 amide bonds. The Morgan fingerprint density at radius 2 is 1.96 bits per heavy atom. The minimum Gasteiger partial charge on any atom is -0.384 e. The van der Waals surface area contributed by atoms with E-state index in [1.54, 1.807) is 12.1 Å². The van der Waals surface area contributed by atoms with Gasteiger partial charge in [-0.3, -0.25) is 4.18 Å². The van der Waals surface area contributed by atoms with Crippen LogP contribution in [0.4, 0.5) is 0 Å². The third-order valence-electron chi connectivity index (χ3n) is 4.32. The Balaban J connectivity index is 1.81. The number of hydrogen-bond acceptors (Lipinski definition) is 6. The number of aliphatic hydroxyl groups excluding tert-OH is 1. The first-order chi connectivity index (χ1) is 11.3. The van der Waals surface area contributed by atoms with Crippen molar-refractivity contribution in [2.45, 2.75) is 62.4 Å². The Morgan fingerprint density at radius 1 is 1.29 bits per heavy atom. The van der Waals surface area contributed by atoms with Gasteiger partial charge >= 0.3 is 0 Å². The molecule has 0 unspecified atom stereocenters. The first-order valence-corrected chi connectivity index (χ1v) is 9.49. The molecule has 0 radical (unpaired) electrons. The van der Waals surface area contributed by atoms with Crippen molar-refractivity contribution < 1.29 is 32.5 Å². The van der Waals surface area contributed by atoms with Crippen LogP contribution < -0.4 is 5.32 Å². The molecule has 2 fully saturated rings. The van der Waals surface area contributed by atoms with E-state index in [0.717, 1.165) is 5.56 Å². The fourth-order valence-corrected chi connectivity index (χ4v) is 4.18. The minimum absolute atomic E-state index is 0.0461. The van der Waals surface area contributed by atoms with Crippen LogP contribution in [0.15, 0.2) is 29.2 Å². The molecule has 0 aromatic heterocycles. The lowest BCUT2D eigenvalue weighted by Crippen LogP contribution is -2.99. The zero-order chi connectivity index (χ0) is 17.5. The fourth-order valence-electron chi connectivity index (χ4n) is 3.11. The molecule has 2 aliphatic rings. The summed E-state index contributed by atoms with van der Waals surface area (Å²) in [7, 11) is -4.02. The van der Waals surface area contributed by atoms with Crippen LogP contribution in [0.1, 0.15) is 19.4 Å². The summed E-state index contributed by atoms with van der Waals surface area (Å²) in [6, 6.07) is 6.25. The van der Waals surface area contributed by atoms with Crippen LogP contribution >= 0.6 is 0 Å². The average Bonchev–Trinajstić information content (AvgIpc) is 2.95. The number of hydrogen-bond donors (Lipinski definition) is 2. The summed E-state index contributed by atoms with van der Waals surface area (Å²) in [5, 5.41) is 12.6. The summed E-state index contributed by atoms with van der Waals surface area (Å²) in [4.78, 5) is 0.0461. The van der Waals surface area contributed by atoms with Crippen molar-refractivity contribution in [1.82, 2.24) is 0 Å². The maximum absolute atomic E-state index is 12.5. The molecule has 0 aliphatic carbocycles. The van der Waals surface area contributed by atoms with Crippen LogP contribution in [0.5, 0.6) is 0 Å². The van der Waals surface area contributed by atoms with E-state index in [9.17, 15) is 13.5 Å². The summed E-state index contributed by atoms with van der Waals surface area (Å²) in [5.41, 5.74) is 0.948. The minimum atomic E-state index is -4.02. The fraction of sp³-hybridized carbons (Fsp3) is 0.625. The molecular weight excluding hydrogens is 334 g/mol. The highest BCUT2D eigenvalue weighted by atomic mass is 32.2. The van der Waals surface area contributed by atoms with Gasteiger partial charge in [0.05, 0.1) is 17.5 Å². The standard InChI is InChI=1S/C16H23NO6S/c1-9(2)17-13-12-8-21-16(22-12)15(14(13)18)23-24(19,20)11-6-4-10(3)5-7-11/h4-7,9,12-18H,8H2,1-3H3/p+1/t12-,13-,14+,15-,16-/m1/s1. The van der Waals surface area contributed by atoms with Gasteiger partial charge in [0.25, 0.3) is 10.1 Å². The molecule has 0 saturated carbocycles. The molecule has 2 saturated heterocycles. The van der Waals surface area contributed by atoms with Crippen molar-refractivity contribution >= 4 is 10.1 Å². The second-order valence-corrected chi connectivity index (χ2v) is 8.28. The second kappa shape index (κ2) is 6.70. The predicted octanol–water partition coefficient (Wildman–Crippen LogP) is -0.475. The molecule has 24 heavy (non-hydrogen) atoms. The normalized spacial score (nSPS) is 33.1. The Kier molecular flexibility index (Phi) is 4.96. The molecule has 7 nitrogen and oxygen atoms in total. The monoisotopic (exact) mass is 358 g/mol. The van der Waals surface area contributed by atoms with Gasteiger partial charge in [0, 0.05) is 0 Å². The lowest BCUT2D eigenvalue weighted by molar-refractivity contribution is -0.732. The number of ether oxygens (including phenoxy) is 2. The Labute approximate surface area is 142 Å². The SMILES string of the molecule is Cc1ccc(S(=O)(=O)O[C@H]2[C@@H]3OC[C@@H](O3)[C@@H]([NH2+]C(C)C)[C@@H]2O)cc1. The molecule has 3 rings (SSSR count). The summed E-state index contributed by atoms with van der Waals surface area (Å²) >= 11 is 0. The highest BCUT2D eigenvalue weighted by molar-refractivity contribution is 7.86. The van der Waals surface area contributed by atoms with Gasteiger partial charge in [0.15, 0.2) is 12.4 Å². The number of fused-ring (bicyclic) bond motifs is 2. The van der Waals surface area contributed by atoms with Gasteiger partial charge in [-0.05, 0) is 32.9 Å². The topological polar surface area (TPSA) is 98.7 Å². The van der Waals surface area contributed by atoms with Crippen LogP contribution in [0.3, 0.4) is 0 Å². The molecular formula is C16H24NO6S+. The number of quaternary nitrogens is 1. The first-order valence-electron chi connectivity index (χ1n) is 8.08. The molecule has 0 spiro atoms. The lowest BCUT2D eigenvalue weighted by atomic mass is 9.97. The highest BCUT2D eigenvalue weighted by Crippen LogP contribution is 2.31. The third kappa shape index (κ3) is 3.49. The summed E-state index contributed by atoms with van der Waals surface area (Å²) in [5.74, 6) is 0. The maximum Gasteiger partial charge on any atom is 0.297 e. The van der Waals surface area contributed by atoms with E-state index in [4.69, 9.17) is 13.7 Å². The number of benzene rings is 1.